The van der Waals surface area contributed by atoms with Crippen LogP contribution in [0.1, 0.15) is 32.2 Å². The molecule has 0 aromatic carbocycles. The van der Waals surface area contributed by atoms with Crippen LogP contribution in [-0.4, -0.2) is 42.7 Å². The Balaban J connectivity index is 1.84. The Morgan fingerprint density at radius 3 is 2.66 bits per heavy atom. The van der Waals surface area contributed by atoms with E-state index in [-0.39, 0.29) is 28.8 Å². The predicted octanol–water partition coefficient (Wildman–Crippen LogP) is 3.51. The van der Waals surface area contributed by atoms with Gasteiger partial charge in [0.15, 0.2) is 17.2 Å². The van der Waals surface area contributed by atoms with Crippen molar-refractivity contribution in [2.45, 2.75) is 13.1 Å². The van der Waals surface area contributed by atoms with Gasteiger partial charge in [-0.2, -0.15) is 23.4 Å². The highest BCUT2D eigenvalue weighted by Crippen LogP contribution is 2.31. The van der Waals surface area contributed by atoms with Gasteiger partial charge in [0.25, 0.3) is 11.8 Å². The zero-order valence-electron chi connectivity index (χ0n) is 17.9. The van der Waals surface area contributed by atoms with E-state index in [4.69, 9.17) is 18.0 Å². The molecule has 0 fully saturated rings. The molecule has 0 spiro atoms. The first-order chi connectivity index (χ1) is 16.6. The van der Waals surface area contributed by atoms with Crippen LogP contribution in [0.4, 0.5) is 18.9 Å². The van der Waals surface area contributed by atoms with Crippen LogP contribution in [0.2, 0.25) is 5.02 Å². The molecule has 4 aromatic rings. The van der Waals surface area contributed by atoms with Crippen LogP contribution in [0.3, 0.4) is 0 Å². The first-order valence-corrected chi connectivity index (χ1v) is 10.3. The molecule has 0 aliphatic carbocycles. The van der Waals surface area contributed by atoms with Crippen LogP contribution < -0.4 is 10.6 Å². The molecule has 9 nitrogen and oxygen atoms in total. The predicted molar refractivity (Wildman–Crippen MR) is 120 cm³/mol. The van der Waals surface area contributed by atoms with E-state index in [0.717, 1.165) is 0 Å². The van der Waals surface area contributed by atoms with Gasteiger partial charge in [0.2, 0.25) is 0 Å². The van der Waals surface area contributed by atoms with E-state index in [9.17, 15) is 22.8 Å². The number of alkyl halides is 3. The van der Waals surface area contributed by atoms with Crippen LogP contribution in [-0.2, 0) is 6.18 Å². The van der Waals surface area contributed by atoms with Gasteiger partial charge in [-0.1, -0.05) is 17.5 Å². The second-order valence-corrected chi connectivity index (χ2v) is 7.60. The van der Waals surface area contributed by atoms with Crippen LogP contribution in [0.25, 0.3) is 11.3 Å². The Morgan fingerprint density at radius 2 is 1.97 bits per heavy atom. The Morgan fingerprint density at radius 1 is 1.20 bits per heavy atom. The van der Waals surface area contributed by atoms with Crippen molar-refractivity contribution in [3.8, 4) is 18.2 Å². The summed E-state index contributed by atoms with van der Waals surface area (Å²) in [5, 5.41) is 12.6. The summed E-state index contributed by atoms with van der Waals surface area (Å²) in [6.07, 6.45) is 3.12. The van der Waals surface area contributed by atoms with Crippen molar-refractivity contribution < 1.29 is 22.8 Å². The number of rotatable bonds is 5. The summed E-state index contributed by atoms with van der Waals surface area (Å²) in [4.78, 5) is 30.1. The number of terminal acetylenes is 1. The van der Waals surface area contributed by atoms with Crippen molar-refractivity contribution in [3.63, 3.8) is 0 Å². The van der Waals surface area contributed by atoms with E-state index in [1.54, 1.807) is 19.1 Å². The minimum absolute atomic E-state index is 0.0224. The van der Waals surface area contributed by atoms with Crippen molar-refractivity contribution >= 4 is 34.6 Å². The summed E-state index contributed by atoms with van der Waals surface area (Å²) in [7, 11) is 0. The lowest BCUT2D eigenvalue weighted by molar-refractivity contribution is -0.141. The average molecular weight is 502 g/mol. The lowest BCUT2D eigenvalue weighted by Gasteiger charge is -2.16. The fourth-order valence-corrected chi connectivity index (χ4v) is 3.53. The third-order valence-corrected chi connectivity index (χ3v) is 5.15. The molecular formula is C22H15ClF3N7O2. The molecule has 0 bridgehead atoms. The Labute approximate surface area is 200 Å². The number of hydrogen-bond donors (Lipinski definition) is 2. The van der Waals surface area contributed by atoms with E-state index in [1.165, 1.54) is 29.0 Å². The van der Waals surface area contributed by atoms with Crippen LogP contribution in [0, 0.1) is 19.3 Å². The summed E-state index contributed by atoms with van der Waals surface area (Å²) < 4.78 is 42.3. The summed E-state index contributed by atoms with van der Waals surface area (Å²) in [5.74, 6) is 0.457. The van der Waals surface area contributed by atoms with Crippen molar-refractivity contribution in [3.05, 3.63) is 70.4 Å². The molecule has 0 saturated heterocycles. The summed E-state index contributed by atoms with van der Waals surface area (Å²) >= 11 is 6.10. The molecule has 0 aliphatic rings. The molecule has 2 amide bonds. The van der Waals surface area contributed by atoms with Gasteiger partial charge < -0.3 is 10.6 Å². The third kappa shape index (κ3) is 4.53. The molecule has 0 unspecified atom stereocenters. The fourth-order valence-electron chi connectivity index (χ4n) is 3.33. The van der Waals surface area contributed by atoms with Gasteiger partial charge in [-0.05, 0) is 36.8 Å². The van der Waals surface area contributed by atoms with Crippen molar-refractivity contribution in [1.29, 1.82) is 0 Å². The second kappa shape index (κ2) is 9.11. The number of pyridine rings is 2. The molecule has 35 heavy (non-hydrogen) atoms. The standard InChI is InChI=1S/C22H15ClF3N7O2/c1-3-7-28-21(35)18-17(12(2)10-13-6-9-29-32(13)18)30-20(34)15-11-16(22(24,25)26)31-33(15)19-14(23)5-4-8-27-19/h1,4-6,8-11H,7H2,2H3,(H,28,35)(H,30,34). The molecule has 0 radical (unpaired) electrons. The van der Waals surface area contributed by atoms with Crippen LogP contribution in [0.15, 0.2) is 42.7 Å². The number of carbonyl (C=O) groups excluding carboxylic acids is 2. The van der Waals surface area contributed by atoms with Gasteiger partial charge in [0, 0.05) is 12.3 Å². The minimum Gasteiger partial charge on any atom is -0.340 e. The maximum absolute atomic E-state index is 13.4. The summed E-state index contributed by atoms with van der Waals surface area (Å²) in [6.45, 7) is 1.53. The zero-order valence-corrected chi connectivity index (χ0v) is 18.6. The SMILES string of the molecule is C#CCNC(=O)c1c(NC(=O)c2cc(C(F)(F)F)nn2-c2ncccc2Cl)c(C)cc2ccnn12. The fraction of sp³-hybridized carbons (Fsp3) is 0.136. The smallest absolute Gasteiger partial charge is 0.340 e. The number of aromatic nitrogens is 5. The lowest BCUT2D eigenvalue weighted by Crippen LogP contribution is -2.29. The summed E-state index contributed by atoms with van der Waals surface area (Å²) in [5.41, 5.74) is -0.865. The third-order valence-electron chi connectivity index (χ3n) is 4.86. The van der Waals surface area contributed by atoms with Gasteiger partial charge in [-0.3, -0.25) is 9.59 Å². The number of anilines is 1. The van der Waals surface area contributed by atoms with Gasteiger partial charge in [-0.25, -0.2) is 14.2 Å². The van der Waals surface area contributed by atoms with E-state index >= 15 is 0 Å². The number of nitrogens with one attached hydrogen (secondary N) is 2. The molecule has 0 aliphatic heterocycles. The number of hydrogen-bond acceptors (Lipinski definition) is 5. The molecule has 2 N–H and O–H groups in total. The lowest BCUT2D eigenvalue weighted by atomic mass is 10.1. The first-order valence-electron chi connectivity index (χ1n) is 9.90. The highest BCUT2D eigenvalue weighted by Gasteiger charge is 2.37. The van der Waals surface area contributed by atoms with E-state index < -0.39 is 29.4 Å². The van der Waals surface area contributed by atoms with Crippen molar-refractivity contribution in [1.82, 2.24) is 29.7 Å². The quantitative estimate of drug-likeness (QED) is 0.407. The number of carbonyl (C=O) groups is 2. The van der Waals surface area contributed by atoms with Gasteiger partial charge in [-0.15, -0.1) is 6.42 Å². The molecule has 4 heterocycles. The number of halogens is 4. The van der Waals surface area contributed by atoms with E-state index in [0.29, 0.717) is 21.8 Å². The number of fused-ring (bicyclic) bond motifs is 1. The Kier molecular flexibility index (Phi) is 6.19. The highest BCUT2D eigenvalue weighted by atomic mass is 35.5. The number of amides is 2. The number of nitrogens with zero attached hydrogens (tertiary/aromatic N) is 5. The number of aryl methyl sites for hydroxylation is 1. The molecule has 13 heteroatoms. The summed E-state index contributed by atoms with van der Waals surface area (Å²) in [6, 6.07) is 6.73. The topological polar surface area (TPSA) is 106 Å². The zero-order chi connectivity index (χ0) is 25.3. The van der Waals surface area contributed by atoms with Crippen LogP contribution >= 0.6 is 11.6 Å². The second-order valence-electron chi connectivity index (χ2n) is 7.19. The van der Waals surface area contributed by atoms with E-state index in [1.807, 2.05) is 0 Å². The highest BCUT2D eigenvalue weighted by molar-refractivity contribution is 6.32. The largest absolute Gasteiger partial charge is 0.435 e. The molecule has 4 rings (SSSR count). The maximum atomic E-state index is 13.4. The van der Waals surface area contributed by atoms with Gasteiger partial charge in [0.1, 0.15) is 5.69 Å². The van der Waals surface area contributed by atoms with Gasteiger partial charge >= 0.3 is 6.18 Å². The average Bonchev–Trinajstić information content (AvgIpc) is 3.45. The van der Waals surface area contributed by atoms with Gasteiger partial charge in [0.05, 0.1) is 29.0 Å². The molecular weight excluding hydrogens is 487 g/mol. The van der Waals surface area contributed by atoms with Crippen molar-refractivity contribution in [2.75, 3.05) is 11.9 Å². The Bertz CT molecular complexity index is 1500. The van der Waals surface area contributed by atoms with Crippen LogP contribution in [0.5, 0.6) is 0 Å². The molecule has 0 atom stereocenters. The normalized spacial score (nSPS) is 11.3. The molecule has 4 aromatic heterocycles. The monoisotopic (exact) mass is 501 g/mol. The molecule has 178 valence electrons. The Hall–Kier alpha value is -4.37. The maximum Gasteiger partial charge on any atom is 0.435 e. The first kappa shape index (κ1) is 23.8. The van der Waals surface area contributed by atoms with Crippen molar-refractivity contribution in [2.24, 2.45) is 0 Å². The molecule has 0 saturated carbocycles. The van der Waals surface area contributed by atoms with E-state index in [2.05, 4.69) is 31.7 Å². The minimum atomic E-state index is -4.84.